The van der Waals surface area contributed by atoms with Crippen molar-refractivity contribution in [1.29, 1.82) is 0 Å². The molecule has 0 bridgehead atoms. The second kappa shape index (κ2) is 7.18. The summed E-state index contributed by atoms with van der Waals surface area (Å²) in [5, 5.41) is 0. The first kappa shape index (κ1) is 19.1. The van der Waals surface area contributed by atoms with Crippen LogP contribution in [0.4, 0.5) is 4.79 Å². The van der Waals surface area contributed by atoms with E-state index in [1.165, 1.54) is 4.90 Å². The number of piperidine rings is 1. The molecule has 2 aliphatic rings. The van der Waals surface area contributed by atoms with Crippen LogP contribution in [0, 0.1) is 0 Å². The normalized spacial score (nSPS) is 19.3. The summed E-state index contributed by atoms with van der Waals surface area (Å²) in [6.07, 6.45) is 1.37. The molecule has 144 valence electrons. The summed E-state index contributed by atoms with van der Waals surface area (Å²) < 4.78 is 5.46. The number of amides is 3. The largest absolute Gasteiger partial charge is 0.444 e. The average Bonchev–Trinajstić information content (AvgIpc) is 2.86. The van der Waals surface area contributed by atoms with Crippen molar-refractivity contribution >= 4 is 17.9 Å². The molecule has 0 radical (unpaired) electrons. The fourth-order valence-electron chi connectivity index (χ4n) is 3.43. The molecule has 0 saturated carbocycles. The van der Waals surface area contributed by atoms with Gasteiger partial charge in [0.25, 0.3) is 11.8 Å². The van der Waals surface area contributed by atoms with Gasteiger partial charge >= 0.3 is 6.09 Å². The number of nitrogens with zero attached hydrogens (tertiary/aromatic N) is 2. The number of hydrogen-bond acceptors (Lipinski definition) is 4. The van der Waals surface area contributed by atoms with Gasteiger partial charge in [-0.25, -0.2) is 4.79 Å². The maximum atomic E-state index is 12.6. The van der Waals surface area contributed by atoms with Crippen molar-refractivity contribution in [3.8, 4) is 0 Å². The molecular formula is C21H26N2O4. The van der Waals surface area contributed by atoms with Gasteiger partial charge in [0.2, 0.25) is 0 Å². The van der Waals surface area contributed by atoms with Crippen molar-refractivity contribution in [1.82, 2.24) is 9.80 Å². The molecule has 27 heavy (non-hydrogen) atoms. The summed E-state index contributed by atoms with van der Waals surface area (Å²) in [4.78, 5) is 40.4. The Morgan fingerprint density at radius 3 is 2.26 bits per heavy atom. The van der Waals surface area contributed by atoms with Crippen LogP contribution in [-0.2, 0) is 4.74 Å². The monoisotopic (exact) mass is 370 g/mol. The fourth-order valence-corrected chi connectivity index (χ4v) is 3.43. The van der Waals surface area contributed by atoms with Gasteiger partial charge in [-0.05, 0) is 58.2 Å². The molecule has 2 heterocycles. The number of imide groups is 1. The van der Waals surface area contributed by atoms with E-state index in [0.717, 1.165) is 24.0 Å². The Balaban J connectivity index is 1.72. The van der Waals surface area contributed by atoms with Gasteiger partial charge in [-0.2, -0.15) is 0 Å². The van der Waals surface area contributed by atoms with Gasteiger partial charge < -0.3 is 9.64 Å². The first-order chi connectivity index (χ1) is 12.7. The number of hydrogen-bond donors (Lipinski definition) is 0. The Hall–Kier alpha value is -2.63. The van der Waals surface area contributed by atoms with Gasteiger partial charge in [0.1, 0.15) is 5.60 Å². The number of fused-ring (bicyclic) bond motifs is 1. The number of ether oxygens (including phenoxy) is 1. The zero-order valence-corrected chi connectivity index (χ0v) is 16.4. The van der Waals surface area contributed by atoms with Crippen LogP contribution < -0.4 is 0 Å². The zero-order valence-electron chi connectivity index (χ0n) is 16.4. The Kier molecular flexibility index (Phi) is 5.09. The first-order valence-corrected chi connectivity index (χ1v) is 9.28. The lowest BCUT2D eigenvalue weighted by molar-refractivity contribution is 0.0245. The van der Waals surface area contributed by atoms with E-state index in [0.29, 0.717) is 24.2 Å². The van der Waals surface area contributed by atoms with Crippen LogP contribution in [0.5, 0.6) is 0 Å². The maximum Gasteiger partial charge on any atom is 0.410 e. The van der Waals surface area contributed by atoms with Crippen molar-refractivity contribution in [2.45, 2.75) is 46.1 Å². The van der Waals surface area contributed by atoms with Crippen molar-refractivity contribution in [2.75, 3.05) is 19.6 Å². The van der Waals surface area contributed by atoms with Gasteiger partial charge in [0, 0.05) is 13.1 Å². The summed E-state index contributed by atoms with van der Waals surface area (Å²) >= 11 is 0. The number of carbonyl (C=O) groups is 3. The first-order valence-electron chi connectivity index (χ1n) is 9.28. The molecule has 1 aromatic rings. The highest BCUT2D eigenvalue weighted by Gasteiger charge is 2.35. The highest BCUT2D eigenvalue weighted by Crippen LogP contribution is 2.26. The van der Waals surface area contributed by atoms with E-state index >= 15 is 0 Å². The Bertz CT molecular complexity index is 785. The standard InChI is InChI=1S/C21H26N2O4/c1-14(12-23-18(24)16-9-5-6-10-17(16)19(23)25)15-8-7-11-22(13-15)20(26)27-21(2,3)4/h5-6,9-10H,7-8,11-13H2,1-4H3/b15-14+. The Morgan fingerprint density at radius 2 is 1.70 bits per heavy atom. The third kappa shape index (κ3) is 4.04. The van der Waals surface area contributed by atoms with Crippen LogP contribution >= 0.6 is 0 Å². The van der Waals surface area contributed by atoms with Crippen LogP contribution in [0.2, 0.25) is 0 Å². The third-order valence-electron chi connectivity index (χ3n) is 4.82. The van der Waals surface area contributed by atoms with Crippen molar-refractivity contribution in [3.63, 3.8) is 0 Å². The molecule has 3 amide bonds. The van der Waals surface area contributed by atoms with Gasteiger partial charge in [-0.1, -0.05) is 17.7 Å². The van der Waals surface area contributed by atoms with Crippen LogP contribution in [-0.4, -0.2) is 52.9 Å². The highest BCUT2D eigenvalue weighted by atomic mass is 16.6. The SMILES string of the molecule is C/C(CN1C(=O)c2ccccc2C1=O)=C1/CCCN(C(=O)OC(C)(C)C)C1. The van der Waals surface area contributed by atoms with Crippen molar-refractivity contribution < 1.29 is 19.1 Å². The molecule has 0 aliphatic carbocycles. The van der Waals surface area contributed by atoms with Gasteiger partial charge in [0.15, 0.2) is 0 Å². The van der Waals surface area contributed by atoms with E-state index in [1.807, 2.05) is 27.7 Å². The summed E-state index contributed by atoms with van der Waals surface area (Å²) in [7, 11) is 0. The van der Waals surface area contributed by atoms with E-state index in [4.69, 9.17) is 4.74 Å². The minimum Gasteiger partial charge on any atom is -0.444 e. The lowest BCUT2D eigenvalue weighted by Gasteiger charge is -2.32. The molecule has 0 spiro atoms. The van der Waals surface area contributed by atoms with Crippen LogP contribution in [0.25, 0.3) is 0 Å². The minimum atomic E-state index is -0.534. The number of rotatable bonds is 2. The van der Waals surface area contributed by atoms with Crippen molar-refractivity contribution in [3.05, 3.63) is 46.5 Å². The van der Waals surface area contributed by atoms with Crippen LogP contribution in [0.3, 0.4) is 0 Å². The summed E-state index contributed by atoms with van der Waals surface area (Å²) in [6, 6.07) is 6.89. The molecule has 2 aliphatic heterocycles. The smallest absolute Gasteiger partial charge is 0.410 e. The molecule has 3 rings (SSSR count). The molecular weight excluding hydrogens is 344 g/mol. The number of likely N-dealkylation sites (tertiary alicyclic amines) is 1. The molecule has 1 aromatic carbocycles. The van der Waals surface area contributed by atoms with Gasteiger partial charge in [-0.15, -0.1) is 0 Å². The lowest BCUT2D eigenvalue weighted by Crippen LogP contribution is -2.41. The van der Waals surface area contributed by atoms with E-state index < -0.39 is 5.60 Å². The molecule has 1 saturated heterocycles. The maximum absolute atomic E-state index is 12.6. The molecule has 6 heteroatoms. The predicted molar refractivity (Wildman–Crippen MR) is 102 cm³/mol. The fraction of sp³-hybridized carbons (Fsp3) is 0.476. The topological polar surface area (TPSA) is 66.9 Å². The molecule has 0 aromatic heterocycles. The van der Waals surface area contributed by atoms with Crippen LogP contribution in [0.1, 0.15) is 61.3 Å². The van der Waals surface area contributed by atoms with E-state index in [1.54, 1.807) is 29.2 Å². The third-order valence-corrected chi connectivity index (χ3v) is 4.82. The Morgan fingerprint density at radius 1 is 1.11 bits per heavy atom. The van der Waals surface area contributed by atoms with Crippen molar-refractivity contribution in [2.24, 2.45) is 0 Å². The molecule has 0 atom stereocenters. The van der Waals surface area contributed by atoms with Gasteiger partial charge in [0.05, 0.1) is 17.7 Å². The Labute approximate surface area is 159 Å². The predicted octanol–water partition coefficient (Wildman–Crippen LogP) is 3.63. The highest BCUT2D eigenvalue weighted by molar-refractivity contribution is 6.21. The van der Waals surface area contributed by atoms with E-state index in [-0.39, 0.29) is 24.5 Å². The van der Waals surface area contributed by atoms with Crippen LogP contribution in [0.15, 0.2) is 35.4 Å². The molecule has 0 N–H and O–H groups in total. The summed E-state index contributed by atoms with van der Waals surface area (Å²) in [5.41, 5.74) is 2.42. The molecule has 0 unspecified atom stereocenters. The average molecular weight is 370 g/mol. The number of benzene rings is 1. The lowest BCUT2D eigenvalue weighted by atomic mass is 9.99. The summed E-state index contributed by atoms with van der Waals surface area (Å²) in [6.45, 7) is 8.85. The summed E-state index contributed by atoms with van der Waals surface area (Å²) in [5.74, 6) is -0.509. The quantitative estimate of drug-likeness (QED) is 0.589. The van der Waals surface area contributed by atoms with Gasteiger partial charge in [-0.3, -0.25) is 14.5 Å². The molecule has 6 nitrogen and oxygen atoms in total. The second-order valence-electron chi connectivity index (χ2n) is 8.13. The van der Waals surface area contributed by atoms with E-state index in [9.17, 15) is 14.4 Å². The number of carbonyl (C=O) groups excluding carboxylic acids is 3. The second-order valence-corrected chi connectivity index (χ2v) is 8.13. The molecule has 1 fully saturated rings. The van der Waals surface area contributed by atoms with E-state index in [2.05, 4.69) is 0 Å². The zero-order chi connectivity index (χ0) is 19.8. The minimum absolute atomic E-state index is 0.254.